The zero-order valence-electron chi connectivity index (χ0n) is 9.21. The standard InChI is InChI=1S/C11H10N4OS2/c12-4-5-7(6-2-1-3-18-6)8(10(14)16)11(17)15-9(5)13/h1-3,7-8H,13H2,(H2,14,16)(H,15,17)/t7-,8+/m0/s1. The fourth-order valence-corrected chi connectivity index (χ4v) is 3.20. The minimum atomic E-state index is -0.736. The van der Waals surface area contributed by atoms with Gasteiger partial charge in [0.2, 0.25) is 5.91 Å². The van der Waals surface area contributed by atoms with Crippen molar-refractivity contribution in [3.05, 3.63) is 33.8 Å². The molecule has 0 radical (unpaired) electrons. The van der Waals surface area contributed by atoms with E-state index < -0.39 is 17.7 Å². The number of primary amides is 1. The lowest BCUT2D eigenvalue weighted by atomic mass is 9.82. The van der Waals surface area contributed by atoms with Crippen LogP contribution in [0.25, 0.3) is 0 Å². The number of allylic oxidation sites excluding steroid dienone is 1. The third kappa shape index (κ3) is 1.96. The zero-order chi connectivity index (χ0) is 13.3. The Morgan fingerprint density at radius 1 is 1.61 bits per heavy atom. The first-order valence-corrected chi connectivity index (χ1v) is 6.38. The van der Waals surface area contributed by atoms with E-state index in [2.05, 4.69) is 5.32 Å². The van der Waals surface area contributed by atoms with Gasteiger partial charge >= 0.3 is 0 Å². The predicted octanol–water partition coefficient (Wildman–Crippen LogP) is 0.558. The maximum absolute atomic E-state index is 11.6. The third-order valence-electron chi connectivity index (χ3n) is 2.75. The molecule has 2 atom stereocenters. The van der Waals surface area contributed by atoms with E-state index in [1.165, 1.54) is 11.3 Å². The summed E-state index contributed by atoms with van der Waals surface area (Å²) in [5.41, 5.74) is 11.4. The molecule has 5 nitrogen and oxygen atoms in total. The maximum atomic E-state index is 11.6. The summed E-state index contributed by atoms with van der Waals surface area (Å²) in [5.74, 6) is -1.59. The first-order valence-electron chi connectivity index (χ1n) is 5.09. The number of amides is 1. The molecule has 7 heteroatoms. The van der Waals surface area contributed by atoms with Crippen LogP contribution in [0.4, 0.5) is 0 Å². The summed E-state index contributed by atoms with van der Waals surface area (Å²) in [7, 11) is 0. The van der Waals surface area contributed by atoms with Crippen molar-refractivity contribution in [2.75, 3.05) is 0 Å². The highest BCUT2D eigenvalue weighted by atomic mass is 32.1. The lowest BCUT2D eigenvalue weighted by Crippen LogP contribution is -2.47. The highest BCUT2D eigenvalue weighted by molar-refractivity contribution is 7.80. The smallest absolute Gasteiger partial charge is 0.228 e. The lowest BCUT2D eigenvalue weighted by Gasteiger charge is -2.30. The Bertz CT molecular complexity index is 570. The molecule has 1 aliphatic rings. The summed E-state index contributed by atoms with van der Waals surface area (Å²) in [6.07, 6.45) is 0. The van der Waals surface area contributed by atoms with Gasteiger partial charge < -0.3 is 16.8 Å². The van der Waals surface area contributed by atoms with Crippen molar-refractivity contribution in [2.45, 2.75) is 5.92 Å². The number of nitriles is 1. The van der Waals surface area contributed by atoms with E-state index in [0.29, 0.717) is 5.57 Å². The Hall–Kier alpha value is -1.91. The molecule has 2 rings (SSSR count). The van der Waals surface area contributed by atoms with E-state index in [0.717, 1.165) is 4.88 Å². The number of nitrogens with one attached hydrogen (secondary N) is 1. The minimum absolute atomic E-state index is 0.193. The number of nitrogens with two attached hydrogens (primary N) is 2. The van der Waals surface area contributed by atoms with Crippen molar-refractivity contribution in [3.8, 4) is 6.07 Å². The average Bonchev–Trinajstić information content (AvgIpc) is 2.80. The number of thiophene rings is 1. The zero-order valence-corrected chi connectivity index (χ0v) is 10.8. The SMILES string of the molecule is N#CC1=C(N)NC(=S)[C@@H](C(N)=O)[C@@H]1c1cccs1. The molecule has 1 aromatic rings. The third-order valence-corrected chi connectivity index (χ3v) is 4.06. The highest BCUT2D eigenvalue weighted by Gasteiger charge is 2.40. The number of rotatable bonds is 2. The molecule has 2 heterocycles. The Labute approximate surface area is 113 Å². The van der Waals surface area contributed by atoms with Crippen molar-refractivity contribution in [2.24, 2.45) is 17.4 Å². The fourth-order valence-electron chi connectivity index (χ4n) is 1.96. The lowest BCUT2D eigenvalue weighted by molar-refractivity contribution is -0.120. The molecule has 92 valence electrons. The van der Waals surface area contributed by atoms with Gasteiger partial charge in [-0.2, -0.15) is 5.26 Å². The van der Waals surface area contributed by atoms with Crippen LogP contribution in [-0.4, -0.2) is 10.9 Å². The van der Waals surface area contributed by atoms with Gasteiger partial charge in [0, 0.05) is 4.88 Å². The Morgan fingerprint density at radius 3 is 2.83 bits per heavy atom. The molecule has 5 N–H and O–H groups in total. The van der Waals surface area contributed by atoms with Gasteiger partial charge in [-0.15, -0.1) is 11.3 Å². The van der Waals surface area contributed by atoms with Crippen LogP contribution in [-0.2, 0) is 4.79 Å². The molecule has 0 saturated heterocycles. The number of hydrogen-bond donors (Lipinski definition) is 3. The molecule has 0 fully saturated rings. The van der Waals surface area contributed by atoms with Gasteiger partial charge in [-0.25, -0.2) is 0 Å². The van der Waals surface area contributed by atoms with Crippen LogP contribution in [0.2, 0.25) is 0 Å². The number of thiocarbonyl (C=S) groups is 1. The van der Waals surface area contributed by atoms with Gasteiger partial charge in [-0.3, -0.25) is 4.79 Å². The first kappa shape index (κ1) is 12.5. The summed E-state index contributed by atoms with van der Waals surface area (Å²) < 4.78 is 0. The molecule has 1 aliphatic heterocycles. The highest BCUT2D eigenvalue weighted by Crippen LogP contribution is 2.38. The molecule has 0 unspecified atom stereocenters. The molecule has 0 bridgehead atoms. The summed E-state index contributed by atoms with van der Waals surface area (Å²) in [5, 5.41) is 13.7. The van der Waals surface area contributed by atoms with E-state index in [-0.39, 0.29) is 10.8 Å². The first-order chi connectivity index (χ1) is 8.56. The van der Waals surface area contributed by atoms with E-state index in [9.17, 15) is 10.1 Å². The van der Waals surface area contributed by atoms with Gasteiger partial charge in [-0.1, -0.05) is 18.3 Å². The molecule has 0 aromatic carbocycles. The number of carbonyl (C=O) groups is 1. The molecule has 1 amide bonds. The molecular formula is C11H10N4OS2. The Balaban J connectivity index is 2.59. The number of carbonyl (C=O) groups excluding carboxylic acids is 1. The van der Waals surface area contributed by atoms with Crippen LogP contribution < -0.4 is 16.8 Å². The van der Waals surface area contributed by atoms with Crippen molar-refractivity contribution >= 4 is 34.5 Å². The van der Waals surface area contributed by atoms with Crippen LogP contribution >= 0.6 is 23.6 Å². The van der Waals surface area contributed by atoms with Gasteiger partial charge in [-0.05, 0) is 11.4 Å². The molecule has 0 spiro atoms. The average molecular weight is 278 g/mol. The van der Waals surface area contributed by atoms with Crippen LogP contribution in [0.15, 0.2) is 28.9 Å². The summed E-state index contributed by atoms with van der Waals surface area (Å²) in [6, 6.07) is 5.71. The number of hydrogen-bond acceptors (Lipinski definition) is 5. The van der Waals surface area contributed by atoms with Crippen LogP contribution in [0.1, 0.15) is 10.8 Å². The normalized spacial score (nSPS) is 23.4. The van der Waals surface area contributed by atoms with Crippen molar-refractivity contribution in [3.63, 3.8) is 0 Å². The van der Waals surface area contributed by atoms with Crippen molar-refractivity contribution in [1.82, 2.24) is 5.32 Å². The predicted molar refractivity (Wildman–Crippen MR) is 72.3 cm³/mol. The second-order valence-electron chi connectivity index (χ2n) is 3.80. The molecule has 18 heavy (non-hydrogen) atoms. The summed E-state index contributed by atoms with van der Waals surface area (Å²) in [6.45, 7) is 0. The molecular weight excluding hydrogens is 268 g/mol. The van der Waals surface area contributed by atoms with Gasteiger partial charge in [0.05, 0.1) is 22.5 Å². The maximum Gasteiger partial charge on any atom is 0.228 e. The Morgan fingerprint density at radius 2 is 2.33 bits per heavy atom. The van der Waals surface area contributed by atoms with Crippen LogP contribution in [0.5, 0.6) is 0 Å². The van der Waals surface area contributed by atoms with E-state index >= 15 is 0 Å². The Kier molecular flexibility index (Phi) is 3.32. The number of nitrogens with zero attached hydrogens (tertiary/aromatic N) is 1. The molecule has 0 aliphatic carbocycles. The molecule has 0 saturated carbocycles. The second-order valence-corrected chi connectivity index (χ2v) is 5.22. The van der Waals surface area contributed by atoms with E-state index in [1.807, 2.05) is 23.6 Å². The fraction of sp³-hybridized carbons (Fsp3) is 0.182. The molecule has 1 aromatic heterocycles. The van der Waals surface area contributed by atoms with Gasteiger partial charge in [0.25, 0.3) is 0 Å². The van der Waals surface area contributed by atoms with Crippen LogP contribution in [0.3, 0.4) is 0 Å². The topological polar surface area (TPSA) is 105 Å². The summed E-state index contributed by atoms with van der Waals surface area (Å²) in [4.78, 5) is 12.7. The largest absolute Gasteiger partial charge is 0.384 e. The van der Waals surface area contributed by atoms with E-state index in [1.54, 1.807) is 0 Å². The van der Waals surface area contributed by atoms with Gasteiger partial charge in [0.15, 0.2) is 0 Å². The van der Waals surface area contributed by atoms with Gasteiger partial charge in [0.1, 0.15) is 11.7 Å². The minimum Gasteiger partial charge on any atom is -0.384 e. The van der Waals surface area contributed by atoms with Crippen molar-refractivity contribution < 1.29 is 4.79 Å². The van der Waals surface area contributed by atoms with Crippen molar-refractivity contribution in [1.29, 1.82) is 5.26 Å². The summed E-state index contributed by atoms with van der Waals surface area (Å²) >= 11 is 6.54. The second kappa shape index (κ2) is 4.76. The van der Waals surface area contributed by atoms with E-state index in [4.69, 9.17) is 23.7 Å². The monoisotopic (exact) mass is 278 g/mol. The van der Waals surface area contributed by atoms with Crippen LogP contribution in [0, 0.1) is 17.2 Å². The quantitative estimate of drug-likeness (QED) is 0.685.